The van der Waals surface area contributed by atoms with Gasteiger partial charge in [-0.2, -0.15) is 0 Å². The highest BCUT2D eigenvalue weighted by Crippen LogP contribution is 2.64. The van der Waals surface area contributed by atoms with Crippen molar-refractivity contribution in [1.29, 1.82) is 0 Å². The van der Waals surface area contributed by atoms with Crippen LogP contribution in [-0.2, 0) is 33.4 Å². The third-order valence-electron chi connectivity index (χ3n) is 15.4. The minimum absolute atomic E-state index is 0.0318. The zero-order chi connectivity index (χ0) is 48.4. The normalized spacial score (nSPS) is 25.9. The molecule has 7 aliphatic carbocycles. The van der Waals surface area contributed by atoms with E-state index < -0.39 is 42.7 Å². The van der Waals surface area contributed by atoms with Gasteiger partial charge in [-0.05, 0) is 128 Å². The first kappa shape index (κ1) is 49.7. The Morgan fingerprint density at radius 2 is 1.38 bits per heavy atom. The number of hydrogen-bond donors (Lipinski definition) is 5. The Bertz CT molecular complexity index is 2430. The van der Waals surface area contributed by atoms with Crippen molar-refractivity contribution in [2.45, 2.75) is 115 Å². The number of methoxy groups -OCH3 is 2. The van der Waals surface area contributed by atoms with Gasteiger partial charge in [0.1, 0.15) is 29.2 Å². The fourth-order valence-electron chi connectivity index (χ4n) is 12.6. The fraction of sp³-hybridized carbons (Fsp3) is 0.574. The van der Waals surface area contributed by atoms with Crippen LogP contribution in [-0.4, -0.2) is 129 Å². The number of nitrogens with one attached hydrogen (secondary N) is 1. The summed E-state index contributed by atoms with van der Waals surface area (Å²) in [4.78, 5) is 71.6. The fourth-order valence-corrected chi connectivity index (χ4v) is 12.6. The van der Waals surface area contributed by atoms with E-state index in [1.54, 1.807) is 7.11 Å². The highest BCUT2D eigenvalue weighted by atomic mass is 16.5. The third-order valence-corrected chi connectivity index (χ3v) is 15.4. The van der Waals surface area contributed by atoms with Gasteiger partial charge in [0, 0.05) is 86.9 Å². The minimum Gasteiger partial charge on any atom is -0.494 e. The lowest BCUT2D eigenvalue weighted by molar-refractivity contribution is -0.124. The van der Waals surface area contributed by atoms with Gasteiger partial charge in [-0.15, -0.1) is 0 Å². The van der Waals surface area contributed by atoms with Gasteiger partial charge < -0.3 is 44.7 Å². The Hall–Kier alpha value is -4.67. The smallest absolute Gasteiger partial charge is 0.189 e. The average molecular weight is 938 g/mol. The zero-order valence-corrected chi connectivity index (χ0v) is 39.9. The van der Waals surface area contributed by atoms with Gasteiger partial charge in [0.25, 0.3) is 0 Å². The van der Waals surface area contributed by atoms with Crippen molar-refractivity contribution < 1.29 is 63.3 Å². The van der Waals surface area contributed by atoms with E-state index in [1.807, 2.05) is 13.0 Å². The van der Waals surface area contributed by atoms with Crippen LogP contribution in [0.25, 0.3) is 5.57 Å². The summed E-state index contributed by atoms with van der Waals surface area (Å²) in [5.41, 5.74) is 6.03. The topological polar surface area (TPSA) is 215 Å². The second-order valence-electron chi connectivity index (χ2n) is 19.4. The van der Waals surface area contributed by atoms with Crippen molar-refractivity contribution in [2.75, 3.05) is 72.4 Å². The summed E-state index contributed by atoms with van der Waals surface area (Å²) < 4.78 is 22.7. The van der Waals surface area contributed by atoms with E-state index >= 15 is 0 Å². The molecule has 0 bridgehead atoms. The second-order valence-corrected chi connectivity index (χ2v) is 19.4. The molecular weight excluding hydrogens is 871 g/mol. The molecule has 14 nitrogen and oxygen atoms in total. The van der Waals surface area contributed by atoms with Crippen LogP contribution in [0.4, 0.5) is 5.69 Å². The van der Waals surface area contributed by atoms with Crippen LogP contribution in [0.15, 0.2) is 62.8 Å². The molecule has 7 aliphatic rings. The van der Waals surface area contributed by atoms with Gasteiger partial charge in [-0.25, -0.2) is 0 Å². The lowest BCUT2D eigenvalue weighted by Gasteiger charge is -2.45. The number of hydrogen-bond acceptors (Lipinski definition) is 14. The summed E-state index contributed by atoms with van der Waals surface area (Å²) in [6.07, 6.45) is 10.2. The predicted molar refractivity (Wildman–Crippen MR) is 253 cm³/mol. The molecule has 8 rings (SSSR count). The van der Waals surface area contributed by atoms with Gasteiger partial charge in [0.05, 0.1) is 50.7 Å². The maximum absolute atomic E-state index is 14.9. The van der Waals surface area contributed by atoms with Crippen LogP contribution < -0.4 is 10.1 Å². The van der Waals surface area contributed by atoms with Crippen LogP contribution in [0.5, 0.6) is 5.75 Å². The summed E-state index contributed by atoms with van der Waals surface area (Å²) in [5.74, 6) is -3.10. The van der Waals surface area contributed by atoms with Gasteiger partial charge in [0.15, 0.2) is 11.6 Å². The molecule has 7 unspecified atom stereocenters. The highest BCUT2D eigenvalue weighted by molar-refractivity contribution is 6.22. The molecule has 0 saturated heterocycles. The van der Waals surface area contributed by atoms with Crippen LogP contribution in [0.2, 0.25) is 0 Å². The molecular formula is C54H67NO13. The van der Waals surface area contributed by atoms with E-state index in [4.69, 9.17) is 24.1 Å². The van der Waals surface area contributed by atoms with E-state index in [1.165, 1.54) is 26.2 Å². The summed E-state index contributed by atoms with van der Waals surface area (Å²) in [7, 11) is 3.10. The molecule has 2 saturated carbocycles. The molecule has 0 aromatic heterocycles. The number of carbonyl (C=O) groups is 5. The maximum Gasteiger partial charge on any atom is 0.189 e. The van der Waals surface area contributed by atoms with Crippen molar-refractivity contribution in [1.82, 2.24) is 0 Å². The number of benzene rings is 1. The molecule has 1 aromatic carbocycles. The molecule has 5 N–H and O–H groups in total. The van der Waals surface area contributed by atoms with Crippen LogP contribution in [0, 0.1) is 17.8 Å². The van der Waals surface area contributed by atoms with E-state index in [9.17, 15) is 39.3 Å². The monoisotopic (exact) mass is 937 g/mol. The first-order valence-electron chi connectivity index (χ1n) is 24.6. The zero-order valence-electron chi connectivity index (χ0n) is 39.9. The SMILES string of the molecule is COCCOCCCC(=O)C1CCCC1CC1=C2C=C(C)C(C(C)=O)c3c(OC)c(NC4CCCC4C(=O)CCCOCCCO)c4c5c3C2C2=C(C(=O)C=C(CO)C2=C5C(CO)=CC4=O)C1O. The van der Waals surface area contributed by atoms with Crippen LogP contribution in [0.3, 0.4) is 0 Å². The summed E-state index contributed by atoms with van der Waals surface area (Å²) in [6, 6.07) is -0.387. The van der Waals surface area contributed by atoms with Gasteiger partial charge in [-0.1, -0.05) is 24.5 Å². The van der Waals surface area contributed by atoms with Crippen LogP contribution >= 0.6 is 0 Å². The van der Waals surface area contributed by atoms with E-state index in [2.05, 4.69) is 5.32 Å². The lowest BCUT2D eigenvalue weighted by atomic mass is 9.58. The Labute approximate surface area is 398 Å². The number of allylic oxidation sites excluding steroid dienone is 6. The number of ketones is 5. The number of aliphatic hydroxyl groups is 4. The molecule has 2 fully saturated rings. The molecule has 1 aromatic rings. The molecule has 68 heavy (non-hydrogen) atoms. The maximum atomic E-state index is 14.9. The highest BCUT2D eigenvalue weighted by Gasteiger charge is 2.53. The standard InChI is InChI=1S/C54H67NO13/c1-28-22-35-36(23-30-10-5-11-33(30)38(60)14-7-18-68-21-20-65-3)53(64)47-41(63)25-32(27-58)43-44-31(26-57)24-40(62)46-49(44)50(45(35)48(43)47)51(42(28)29(2)59)54(66-4)52(46)55-37-13-6-12-34(37)39(61)15-8-17-67-19-9-16-56/h22,24-25,30,33-34,37,42,45,53,55-58,64H,5-21,23,26-27H2,1-4H3. The quantitative estimate of drug-likeness (QED) is 0.0763. The van der Waals surface area contributed by atoms with Gasteiger partial charge >= 0.3 is 0 Å². The van der Waals surface area contributed by atoms with E-state index in [0.717, 1.165) is 19.3 Å². The van der Waals surface area contributed by atoms with Crippen molar-refractivity contribution in [2.24, 2.45) is 17.8 Å². The number of ether oxygens (including phenoxy) is 4. The van der Waals surface area contributed by atoms with E-state index in [-0.39, 0.29) is 75.8 Å². The summed E-state index contributed by atoms with van der Waals surface area (Å²) in [5, 5.41) is 47.6. The molecule has 0 spiro atoms. The number of anilines is 1. The average Bonchev–Trinajstić information content (AvgIpc) is 3.97. The molecule has 0 aliphatic heterocycles. The number of carbonyl (C=O) groups excluding carboxylic acids is 5. The molecule has 14 heteroatoms. The summed E-state index contributed by atoms with van der Waals surface area (Å²) >= 11 is 0. The number of aliphatic hydroxyl groups excluding tert-OH is 4. The van der Waals surface area contributed by atoms with Crippen molar-refractivity contribution in [3.63, 3.8) is 0 Å². The minimum atomic E-state index is -1.39. The van der Waals surface area contributed by atoms with Crippen molar-refractivity contribution in [3.05, 3.63) is 85.1 Å². The van der Waals surface area contributed by atoms with Crippen LogP contribution in [0.1, 0.15) is 130 Å². The second kappa shape index (κ2) is 21.5. The van der Waals surface area contributed by atoms with Gasteiger partial charge in [-0.3, -0.25) is 24.0 Å². The largest absolute Gasteiger partial charge is 0.494 e. The molecule has 0 radical (unpaired) electrons. The first-order valence-corrected chi connectivity index (χ1v) is 24.6. The summed E-state index contributed by atoms with van der Waals surface area (Å²) in [6.45, 7) is 4.46. The number of rotatable bonds is 24. The molecule has 0 heterocycles. The third kappa shape index (κ3) is 9.02. The predicted octanol–water partition coefficient (Wildman–Crippen LogP) is 5.91. The molecule has 366 valence electrons. The van der Waals surface area contributed by atoms with Crippen molar-refractivity contribution >= 4 is 40.2 Å². The Morgan fingerprint density at radius 1 is 0.735 bits per heavy atom. The Kier molecular flexibility index (Phi) is 15.8. The molecule has 0 amide bonds. The lowest BCUT2D eigenvalue weighted by Crippen LogP contribution is -2.38. The Balaban J connectivity index is 1.30. The molecule has 7 atom stereocenters. The Morgan fingerprint density at radius 3 is 2.06 bits per heavy atom. The van der Waals surface area contributed by atoms with E-state index in [0.29, 0.717) is 147 Å². The van der Waals surface area contributed by atoms with Crippen molar-refractivity contribution in [3.8, 4) is 5.75 Å². The van der Waals surface area contributed by atoms with Gasteiger partial charge in [0.2, 0.25) is 0 Å². The first-order chi connectivity index (χ1) is 32.9. The number of Topliss-reactive ketones (excluding diaryl/α,β-unsaturated/α-hetero) is 3.